The minimum Gasteiger partial charge on any atom is -0.460 e. The number of nitrogens with zero attached hydrogens (tertiary/aromatic N) is 3. The number of para-hydroxylation sites is 1. The van der Waals surface area contributed by atoms with Gasteiger partial charge in [0.25, 0.3) is 0 Å². The fourth-order valence-electron chi connectivity index (χ4n) is 3.28. The van der Waals surface area contributed by atoms with Crippen LogP contribution in [0.15, 0.2) is 40.8 Å². The van der Waals surface area contributed by atoms with Crippen LogP contribution in [0.1, 0.15) is 29.7 Å². The van der Waals surface area contributed by atoms with Gasteiger partial charge in [-0.15, -0.1) is 0 Å². The molecule has 0 spiro atoms. The summed E-state index contributed by atoms with van der Waals surface area (Å²) < 4.78 is 7.86. The molecule has 126 valence electrons. The van der Waals surface area contributed by atoms with E-state index in [4.69, 9.17) is 9.52 Å². The summed E-state index contributed by atoms with van der Waals surface area (Å²) in [5.74, 6) is 0.958. The molecule has 0 fully saturated rings. The normalized spacial score (nSPS) is 16.9. The van der Waals surface area contributed by atoms with Gasteiger partial charge in [0.2, 0.25) is 0 Å². The van der Waals surface area contributed by atoms with Crippen molar-refractivity contribution in [1.29, 1.82) is 0 Å². The van der Waals surface area contributed by atoms with Crippen LogP contribution in [0, 0.1) is 0 Å². The number of fused-ring (bicyclic) bond motifs is 2. The molecule has 0 aliphatic carbocycles. The van der Waals surface area contributed by atoms with Gasteiger partial charge >= 0.3 is 0 Å². The highest BCUT2D eigenvalue weighted by Crippen LogP contribution is 2.23. The number of hydrogen-bond donors (Lipinski definition) is 2. The van der Waals surface area contributed by atoms with Crippen molar-refractivity contribution in [3.05, 3.63) is 53.5 Å². The minimum atomic E-state index is -0.909. The predicted octanol–water partition coefficient (Wildman–Crippen LogP) is 2.06. The van der Waals surface area contributed by atoms with E-state index in [2.05, 4.69) is 22.1 Å². The maximum atomic E-state index is 9.78. The molecule has 3 heterocycles. The van der Waals surface area contributed by atoms with Crippen LogP contribution in [0.25, 0.3) is 11.0 Å². The number of hydrogen-bond acceptors (Lipinski definition) is 5. The second kappa shape index (κ2) is 6.39. The smallest absolute Gasteiger partial charge is 0.134 e. The molecule has 0 saturated heterocycles. The molecule has 24 heavy (non-hydrogen) atoms. The first-order valence-corrected chi connectivity index (χ1v) is 8.28. The van der Waals surface area contributed by atoms with E-state index in [1.54, 1.807) is 0 Å². The van der Waals surface area contributed by atoms with Crippen LogP contribution in [0.4, 0.5) is 0 Å². The lowest BCUT2D eigenvalue weighted by Gasteiger charge is -2.17. The summed E-state index contributed by atoms with van der Waals surface area (Å²) in [6, 6.07) is 12.0. The summed E-state index contributed by atoms with van der Waals surface area (Å²) in [6.45, 7) is 2.99. The van der Waals surface area contributed by atoms with Crippen molar-refractivity contribution in [2.75, 3.05) is 13.2 Å². The highest BCUT2D eigenvalue weighted by Gasteiger charge is 2.20. The molecule has 0 amide bonds. The Morgan fingerprint density at radius 1 is 1.21 bits per heavy atom. The number of rotatable bonds is 4. The highest BCUT2D eigenvalue weighted by atomic mass is 16.3. The quantitative estimate of drug-likeness (QED) is 0.767. The zero-order chi connectivity index (χ0) is 16.5. The number of aryl methyl sites for hydroxylation is 1. The van der Waals surface area contributed by atoms with E-state index in [0.29, 0.717) is 5.69 Å². The van der Waals surface area contributed by atoms with Crippen molar-refractivity contribution in [3.8, 4) is 0 Å². The third kappa shape index (κ3) is 2.96. The van der Waals surface area contributed by atoms with Gasteiger partial charge in [0.1, 0.15) is 17.4 Å². The number of benzene rings is 1. The molecule has 1 aliphatic heterocycles. The van der Waals surface area contributed by atoms with Crippen molar-refractivity contribution < 1.29 is 14.6 Å². The van der Waals surface area contributed by atoms with E-state index < -0.39 is 6.10 Å². The molecule has 0 bridgehead atoms. The van der Waals surface area contributed by atoms with E-state index >= 15 is 0 Å². The van der Waals surface area contributed by atoms with Crippen LogP contribution in [0.3, 0.4) is 0 Å². The van der Waals surface area contributed by atoms with E-state index in [9.17, 15) is 5.11 Å². The molecule has 1 atom stereocenters. The number of aliphatic hydroxyl groups excluding tert-OH is 2. The molecule has 4 rings (SSSR count). The molecule has 6 nitrogen and oxygen atoms in total. The molecule has 6 heteroatoms. The lowest BCUT2D eigenvalue weighted by molar-refractivity contribution is 0.0916. The van der Waals surface area contributed by atoms with Gasteiger partial charge in [-0.05, 0) is 24.6 Å². The Hall–Kier alpha value is -2.15. The van der Waals surface area contributed by atoms with Gasteiger partial charge in [-0.1, -0.05) is 18.2 Å². The highest BCUT2D eigenvalue weighted by molar-refractivity contribution is 5.77. The van der Waals surface area contributed by atoms with E-state index in [0.717, 1.165) is 55.0 Å². The van der Waals surface area contributed by atoms with Crippen LogP contribution < -0.4 is 0 Å². The molecule has 1 unspecified atom stereocenters. The standard InChI is InChI=1S/C18H21N3O3/c22-12-17(23)16-9-14-10-20(6-3-7-21(14)19-16)11-15-8-13-4-1-2-5-18(13)24-15/h1-2,4-5,8-9,17,22-23H,3,6-7,10-12H2. The van der Waals surface area contributed by atoms with Crippen molar-refractivity contribution in [2.24, 2.45) is 0 Å². The van der Waals surface area contributed by atoms with Gasteiger partial charge in [-0.2, -0.15) is 5.10 Å². The second-order valence-corrected chi connectivity index (χ2v) is 6.30. The van der Waals surface area contributed by atoms with Crippen molar-refractivity contribution in [3.63, 3.8) is 0 Å². The topological polar surface area (TPSA) is 74.7 Å². The molecule has 2 aromatic heterocycles. The summed E-state index contributed by atoms with van der Waals surface area (Å²) >= 11 is 0. The zero-order valence-corrected chi connectivity index (χ0v) is 13.4. The lowest BCUT2D eigenvalue weighted by Crippen LogP contribution is -2.22. The third-order valence-electron chi connectivity index (χ3n) is 4.48. The van der Waals surface area contributed by atoms with Gasteiger partial charge in [0.15, 0.2) is 0 Å². The number of aromatic nitrogens is 2. The van der Waals surface area contributed by atoms with Crippen LogP contribution in [-0.2, 0) is 19.6 Å². The summed E-state index contributed by atoms with van der Waals surface area (Å²) in [5, 5.41) is 24.4. The SMILES string of the molecule is OCC(O)c1cc2n(n1)CCCN(Cc1cc3ccccc3o1)C2. The van der Waals surface area contributed by atoms with E-state index in [-0.39, 0.29) is 6.61 Å². The lowest BCUT2D eigenvalue weighted by atomic mass is 10.2. The number of furan rings is 1. The summed E-state index contributed by atoms with van der Waals surface area (Å²) in [7, 11) is 0. The maximum Gasteiger partial charge on any atom is 0.134 e. The summed E-state index contributed by atoms with van der Waals surface area (Å²) in [4.78, 5) is 2.33. The average Bonchev–Trinajstić information content (AvgIpc) is 3.13. The monoisotopic (exact) mass is 327 g/mol. The first kappa shape index (κ1) is 15.4. The summed E-state index contributed by atoms with van der Waals surface area (Å²) in [5.41, 5.74) is 2.52. The summed E-state index contributed by atoms with van der Waals surface area (Å²) in [6.07, 6.45) is 0.0806. The predicted molar refractivity (Wildman–Crippen MR) is 89.2 cm³/mol. The fraction of sp³-hybridized carbons (Fsp3) is 0.389. The molecule has 1 aliphatic rings. The Kier molecular flexibility index (Phi) is 4.10. The maximum absolute atomic E-state index is 9.78. The Balaban J connectivity index is 1.53. The van der Waals surface area contributed by atoms with Crippen LogP contribution >= 0.6 is 0 Å². The first-order chi connectivity index (χ1) is 11.7. The van der Waals surface area contributed by atoms with Gasteiger partial charge in [-0.3, -0.25) is 9.58 Å². The molecular formula is C18H21N3O3. The molecule has 3 aromatic rings. The zero-order valence-electron chi connectivity index (χ0n) is 13.4. The second-order valence-electron chi connectivity index (χ2n) is 6.30. The van der Waals surface area contributed by atoms with Crippen molar-refractivity contribution in [1.82, 2.24) is 14.7 Å². The minimum absolute atomic E-state index is 0.306. The average molecular weight is 327 g/mol. The van der Waals surface area contributed by atoms with Gasteiger partial charge < -0.3 is 14.6 Å². The molecule has 1 aromatic carbocycles. The van der Waals surface area contributed by atoms with Gasteiger partial charge in [0.05, 0.1) is 24.5 Å². The van der Waals surface area contributed by atoms with Crippen molar-refractivity contribution >= 4 is 11.0 Å². The van der Waals surface area contributed by atoms with Crippen LogP contribution in [0.2, 0.25) is 0 Å². The Morgan fingerprint density at radius 2 is 2.08 bits per heavy atom. The molecule has 2 N–H and O–H groups in total. The fourth-order valence-corrected chi connectivity index (χ4v) is 3.28. The van der Waals surface area contributed by atoms with Crippen LogP contribution in [0.5, 0.6) is 0 Å². The van der Waals surface area contributed by atoms with Crippen molar-refractivity contribution in [2.45, 2.75) is 32.2 Å². The third-order valence-corrected chi connectivity index (χ3v) is 4.48. The van der Waals surface area contributed by atoms with Gasteiger partial charge in [0, 0.05) is 25.0 Å². The Labute approximate surface area is 139 Å². The Bertz CT molecular complexity index is 806. The molecule has 0 saturated carbocycles. The first-order valence-electron chi connectivity index (χ1n) is 8.28. The van der Waals surface area contributed by atoms with E-state index in [1.165, 1.54) is 0 Å². The number of aliphatic hydroxyl groups is 2. The van der Waals surface area contributed by atoms with Crippen LogP contribution in [-0.4, -0.2) is 38.0 Å². The van der Waals surface area contributed by atoms with Gasteiger partial charge in [-0.25, -0.2) is 0 Å². The largest absolute Gasteiger partial charge is 0.460 e. The Morgan fingerprint density at radius 3 is 2.92 bits per heavy atom. The van der Waals surface area contributed by atoms with E-state index in [1.807, 2.05) is 28.9 Å². The molecule has 0 radical (unpaired) electrons. The molecular weight excluding hydrogens is 306 g/mol.